The van der Waals surface area contributed by atoms with Crippen molar-refractivity contribution in [2.24, 2.45) is 0 Å². The number of carbonyl (C=O) groups is 1. The predicted molar refractivity (Wildman–Crippen MR) is 83.4 cm³/mol. The number of rotatable bonds is 5. The summed E-state index contributed by atoms with van der Waals surface area (Å²) in [6.07, 6.45) is 3.67. The lowest BCUT2D eigenvalue weighted by Gasteiger charge is -2.09. The fourth-order valence-corrected chi connectivity index (χ4v) is 2.24. The molecule has 1 atom stereocenters. The first kappa shape index (κ1) is 15.5. The number of hydrogen-bond acceptors (Lipinski definition) is 4. The van der Waals surface area contributed by atoms with Crippen LogP contribution in [0.2, 0.25) is 0 Å². The van der Waals surface area contributed by atoms with Crippen molar-refractivity contribution in [3.05, 3.63) is 40.5 Å². The predicted octanol–water partition coefficient (Wildman–Crippen LogP) is 2.56. The zero-order valence-corrected chi connectivity index (χ0v) is 13.0. The molecule has 0 bridgehead atoms. The van der Waals surface area contributed by atoms with Gasteiger partial charge in [0.25, 0.3) is 5.91 Å². The third-order valence-electron chi connectivity index (χ3n) is 3.08. The molecule has 1 unspecified atom stereocenters. The van der Waals surface area contributed by atoms with Crippen molar-refractivity contribution in [3.8, 4) is 6.07 Å². The molecule has 1 aliphatic heterocycles. The molecule has 1 aromatic rings. The quantitative estimate of drug-likeness (QED) is 0.632. The summed E-state index contributed by atoms with van der Waals surface area (Å²) in [5.41, 5.74) is 0.680. The molecule has 1 aliphatic rings. The van der Waals surface area contributed by atoms with Gasteiger partial charge in [0.1, 0.15) is 11.6 Å². The lowest BCUT2D eigenvalue weighted by atomic mass is 10.2. The summed E-state index contributed by atoms with van der Waals surface area (Å²) in [6.45, 7) is 1.39. The molecule has 0 aliphatic carbocycles. The summed E-state index contributed by atoms with van der Waals surface area (Å²) in [7, 11) is 0. The van der Waals surface area contributed by atoms with Gasteiger partial charge in [0.05, 0.1) is 6.10 Å². The highest BCUT2D eigenvalue weighted by atomic mass is 79.9. The van der Waals surface area contributed by atoms with Crippen molar-refractivity contribution < 1.29 is 9.53 Å². The van der Waals surface area contributed by atoms with Gasteiger partial charge in [-0.25, -0.2) is 0 Å². The highest BCUT2D eigenvalue weighted by Gasteiger charge is 2.15. The molecule has 1 saturated heterocycles. The van der Waals surface area contributed by atoms with Crippen LogP contribution in [0.1, 0.15) is 12.8 Å². The van der Waals surface area contributed by atoms with Gasteiger partial charge in [-0.2, -0.15) is 5.26 Å². The molecule has 0 spiro atoms. The summed E-state index contributed by atoms with van der Waals surface area (Å²) in [5, 5.41) is 14.7. The Labute approximate surface area is 132 Å². The van der Waals surface area contributed by atoms with Crippen LogP contribution in [0.3, 0.4) is 0 Å². The SMILES string of the molecule is N#C/C(=C/NCC1CCCO1)C(=O)Nc1ccc(Br)cc1. The summed E-state index contributed by atoms with van der Waals surface area (Å²) in [5.74, 6) is -0.431. The van der Waals surface area contributed by atoms with Gasteiger partial charge in [0.2, 0.25) is 0 Å². The van der Waals surface area contributed by atoms with Gasteiger partial charge in [-0.05, 0) is 37.1 Å². The van der Waals surface area contributed by atoms with E-state index in [9.17, 15) is 4.79 Å². The van der Waals surface area contributed by atoms with E-state index in [1.54, 1.807) is 12.1 Å². The van der Waals surface area contributed by atoms with E-state index in [1.165, 1.54) is 6.20 Å². The van der Waals surface area contributed by atoms with Crippen LogP contribution in [0.15, 0.2) is 40.5 Å². The second kappa shape index (κ2) is 7.81. The van der Waals surface area contributed by atoms with Crippen molar-refractivity contribution in [1.29, 1.82) is 5.26 Å². The van der Waals surface area contributed by atoms with E-state index in [0.29, 0.717) is 12.2 Å². The number of nitrogens with zero attached hydrogens (tertiary/aromatic N) is 1. The third-order valence-corrected chi connectivity index (χ3v) is 3.61. The molecule has 1 aromatic carbocycles. The van der Waals surface area contributed by atoms with Crippen LogP contribution in [0.25, 0.3) is 0 Å². The smallest absolute Gasteiger partial charge is 0.267 e. The molecule has 2 rings (SSSR count). The van der Waals surface area contributed by atoms with Crippen LogP contribution in [-0.2, 0) is 9.53 Å². The second-order valence-corrected chi connectivity index (χ2v) is 5.59. The third kappa shape index (κ3) is 4.88. The molecular formula is C15H16BrN3O2. The minimum absolute atomic E-state index is 0.0379. The number of nitriles is 1. The summed E-state index contributed by atoms with van der Waals surface area (Å²) < 4.78 is 6.38. The largest absolute Gasteiger partial charge is 0.387 e. The van der Waals surface area contributed by atoms with Gasteiger partial charge in [-0.1, -0.05) is 15.9 Å². The normalized spacial score (nSPS) is 18.1. The maximum absolute atomic E-state index is 12.0. The minimum atomic E-state index is -0.431. The molecule has 2 N–H and O–H groups in total. The van der Waals surface area contributed by atoms with E-state index in [0.717, 1.165) is 23.9 Å². The number of halogens is 1. The number of benzene rings is 1. The fraction of sp³-hybridized carbons (Fsp3) is 0.333. The Balaban J connectivity index is 1.88. The van der Waals surface area contributed by atoms with Crippen LogP contribution in [0.4, 0.5) is 5.69 Å². The number of amides is 1. The van der Waals surface area contributed by atoms with Gasteiger partial charge >= 0.3 is 0 Å². The molecule has 0 aromatic heterocycles. The van der Waals surface area contributed by atoms with Crippen molar-refractivity contribution in [2.75, 3.05) is 18.5 Å². The van der Waals surface area contributed by atoms with Gasteiger partial charge in [0, 0.05) is 29.5 Å². The Hall–Kier alpha value is -1.84. The molecule has 6 heteroatoms. The monoisotopic (exact) mass is 349 g/mol. The molecule has 110 valence electrons. The molecule has 0 radical (unpaired) electrons. The van der Waals surface area contributed by atoms with Crippen molar-refractivity contribution in [2.45, 2.75) is 18.9 Å². The topological polar surface area (TPSA) is 74.1 Å². The summed E-state index contributed by atoms with van der Waals surface area (Å²) in [6, 6.07) is 9.06. The Morgan fingerprint density at radius 2 is 2.24 bits per heavy atom. The summed E-state index contributed by atoms with van der Waals surface area (Å²) in [4.78, 5) is 12.0. The van der Waals surface area contributed by atoms with E-state index >= 15 is 0 Å². The van der Waals surface area contributed by atoms with E-state index < -0.39 is 5.91 Å². The Bertz CT molecular complexity index is 557. The first-order chi connectivity index (χ1) is 10.2. The molecule has 5 nitrogen and oxygen atoms in total. The number of carbonyl (C=O) groups excluding carboxylic acids is 1. The fourth-order valence-electron chi connectivity index (χ4n) is 1.98. The maximum atomic E-state index is 12.0. The number of ether oxygens (including phenoxy) is 1. The Kier molecular flexibility index (Phi) is 5.78. The number of nitrogens with one attached hydrogen (secondary N) is 2. The Morgan fingerprint density at radius 1 is 1.48 bits per heavy atom. The average molecular weight is 350 g/mol. The maximum Gasteiger partial charge on any atom is 0.267 e. The van der Waals surface area contributed by atoms with E-state index in [4.69, 9.17) is 10.00 Å². The number of anilines is 1. The van der Waals surface area contributed by atoms with E-state index in [-0.39, 0.29) is 11.7 Å². The van der Waals surface area contributed by atoms with Gasteiger partial charge in [-0.15, -0.1) is 0 Å². The van der Waals surface area contributed by atoms with Crippen LogP contribution in [0.5, 0.6) is 0 Å². The zero-order valence-electron chi connectivity index (χ0n) is 11.4. The zero-order chi connectivity index (χ0) is 15.1. The molecule has 1 amide bonds. The molecule has 0 saturated carbocycles. The average Bonchev–Trinajstić information content (AvgIpc) is 2.99. The van der Waals surface area contributed by atoms with E-state index in [2.05, 4.69) is 26.6 Å². The first-order valence-corrected chi connectivity index (χ1v) is 7.50. The van der Waals surface area contributed by atoms with Gasteiger partial charge in [0.15, 0.2) is 0 Å². The molecule has 1 fully saturated rings. The summed E-state index contributed by atoms with van der Waals surface area (Å²) >= 11 is 3.32. The first-order valence-electron chi connectivity index (χ1n) is 6.71. The van der Waals surface area contributed by atoms with Gasteiger partial charge < -0.3 is 15.4 Å². The Morgan fingerprint density at radius 3 is 2.86 bits per heavy atom. The highest BCUT2D eigenvalue weighted by Crippen LogP contribution is 2.15. The van der Waals surface area contributed by atoms with Crippen LogP contribution >= 0.6 is 15.9 Å². The van der Waals surface area contributed by atoms with Crippen LogP contribution in [-0.4, -0.2) is 25.2 Å². The molecular weight excluding hydrogens is 334 g/mol. The molecule has 21 heavy (non-hydrogen) atoms. The highest BCUT2D eigenvalue weighted by molar-refractivity contribution is 9.10. The lowest BCUT2D eigenvalue weighted by molar-refractivity contribution is -0.112. The van der Waals surface area contributed by atoms with Crippen molar-refractivity contribution >= 4 is 27.5 Å². The standard InChI is InChI=1S/C15H16BrN3O2/c16-12-3-5-13(6-4-12)19-15(20)11(8-17)9-18-10-14-2-1-7-21-14/h3-6,9,14,18H,1-2,7,10H2,(H,19,20)/b11-9-. The van der Waals surface area contributed by atoms with Crippen molar-refractivity contribution in [1.82, 2.24) is 5.32 Å². The second-order valence-electron chi connectivity index (χ2n) is 4.67. The van der Waals surface area contributed by atoms with Crippen LogP contribution in [0, 0.1) is 11.3 Å². The number of hydrogen-bond donors (Lipinski definition) is 2. The van der Waals surface area contributed by atoms with Crippen molar-refractivity contribution in [3.63, 3.8) is 0 Å². The minimum Gasteiger partial charge on any atom is -0.387 e. The van der Waals surface area contributed by atoms with Gasteiger partial charge in [-0.3, -0.25) is 4.79 Å². The lowest BCUT2D eigenvalue weighted by Crippen LogP contribution is -2.24. The van der Waals surface area contributed by atoms with Crippen LogP contribution < -0.4 is 10.6 Å². The molecule has 1 heterocycles. The van der Waals surface area contributed by atoms with E-state index in [1.807, 2.05) is 18.2 Å².